The van der Waals surface area contributed by atoms with Gasteiger partial charge in [0.1, 0.15) is 5.75 Å². The molecule has 0 saturated carbocycles. The van der Waals surface area contributed by atoms with Crippen LogP contribution in [-0.2, 0) is 6.42 Å². The Morgan fingerprint density at radius 2 is 2.13 bits per heavy atom. The fourth-order valence-corrected chi connectivity index (χ4v) is 3.62. The SMILES string of the molecule is Cc1nc2cnc(C3=CCN(C(=O)O)CC3)cn2c1Cc1ccccc1OC(F)F. The molecule has 9 heteroatoms. The number of hydrogen-bond donors (Lipinski definition) is 1. The van der Waals surface area contributed by atoms with Gasteiger partial charge in [-0.2, -0.15) is 8.78 Å². The largest absolute Gasteiger partial charge is 0.465 e. The van der Waals surface area contributed by atoms with E-state index in [9.17, 15) is 13.6 Å². The Bertz CT molecular complexity index is 1130. The quantitative estimate of drug-likeness (QED) is 0.683. The second-order valence-electron chi connectivity index (χ2n) is 7.02. The maximum absolute atomic E-state index is 12.8. The van der Waals surface area contributed by atoms with Crippen LogP contribution in [0.15, 0.2) is 42.7 Å². The van der Waals surface area contributed by atoms with E-state index in [1.165, 1.54) is 11.0 Å². The molecule has 0 saturated heterocycles. The number of carbonyl (C=O) groups is 1. The van der Waals surface area contributed by atoms with Gasteiger partial charge in [0.05, 0.1) is 23.3 Å². The molecular formula is C21H20F2N4O3. The van der Waals surface area contributed by atoms with Crippen molar-refractivity contribution in [2.24, 2.45) is 0 Å². The molecule has 0 aliphatic carbocycles. The highest BCUT2D eigenvalue weighted by atomic mass is 19.3. The van der Waals surface area contributed by atoms with E-state index in [0.717, 1.165) is 22.7 Å². The number of aromatic nitrogens is 3. The molecule has 1 aliphatic heterocycles. The molecule has 1 N–H and O–H groups in total. The maximum atomic E-state index is 12.8. The minimum atomic E-state index is -2.89. The zero-order valence-electron chi connectivity index (χ0n) is 16.3. The molecule has 7 nitrogen and oxygen atoms in total. The van der Waals surface area contributed by atoms with Gasteiger partial charge in [0, 0.05) is 31.3 Å². The van der Waals surface area contributed by atoms with E-state index < -0.39 is 12.7 Å². The fraction of sp³-hybridized carbons (Fsp3) is 0.286. The number of ether oxygens (including phenoxy) is 1. The van der Waals surface area contributed by atoms with E-state index in [2.05, 4.69) is 14.7 Å². The van der Waals surface area contributed by atoms with E-state index >= 15 is 0 Å². The van der Waals surface area contributed by atoms with E-state index in [4.69, 9.17) is 5.11 Å². The lowest BCUT2D eigenvalue weighted by molar-refractivity contribution is -0.0504. The van der Waals surface area contributed by atoms with Crippen molar-refractivity contribution >= 4 is 17.3 Å². The molecule has 3 heterocycles. The molecule has 0 atom stereocenters. The van der Waals surface area contributed by atoms with Gasteiger partial charge >= 0.3 is 12.7 Å². The third-order valence-corrected chi connectivity index (χ3v) is 5.16. The summed E-state index contributed by atoms with van der Waals surface area (Å²) in [6.45, 7) is -0.301. The van der Waals surface area contributed by atoms with Crippen LogP contribution in [-0.4, -0.2) is 50.2 Å². The van der Waals surface area contributed by atoms with Crippen LogP contribution in [0.1, 0.15) is 29.1 Å². The Balaban J connectivity index is 1.68. The number of amides is 1. The zero-order chi connectivity index (χ0) is 21.3. The number of nitrogens with zero attached hydrogens (tertiary/aromatic N) is 4. The Labute approximate surface area is 171 Å². The van der Waals surface area contributed by atoms with Gasteiger partial charge in [-0.15, -0.1) is 0 Å². The predicted octanol–water partition coefficient (Wildman–Crippen LogP) is 4.00. The molecule has 3 aromatic rings. The van der Waals surface area contributed by atoms with Crippen LogP contribution in [0.25, 0.3) is 11.2 Å². The highest BCUT2D eigenvalue weighted by Crippen LogP contribution is 2.26. The van der Waals surface area contributed by atoms with Crippen molar-refractivity contribution in [3.05, 3.63) is 65.4 Å². The Kier molecular flexibility index (Phi) is 5.35. The second kappa shape index (κ2) is 8.10. The van der Waals surface area contributed by atoms with Crippen LogP contribution in [0.2, 0.25) is 0 Å². The van der Waals surface area contributed by atoms with Crippen molar-refractivity contribution in [3.63, 3.8) is 0 Å². The van der Waals surface area contributed by atoms with Crippen LogP contribution >= 0.6 is 0 Å². The Morgan fingerprint density at radius 1 is 1.33 bits per heavy atom. The van der Waals surface area contributed by atoms with Gasteiger partial charge in [-0.1, -0.05) is 24.3 Å². The number of para-hydroxylation sites is 1. The summed E-state index contributed by atoms with van der Waals surface area (Å²) >= 11 is 0. The lowest BCUT2D eigenvalue weighted by atomic mass is 10.1. The van der Waals surface area contributed by atoms with Gasteiger partial charge in [0.25, 0.3) is 0 Å². The molecular weight excluding hydrogens is 394 g/mol. The molecule has 1 amide bonds. The van der Waals surface area contributed by atoms with E-state index in [0.29, 0.717) is 37.1 Å². The van der Waals surface area contributed by atoms with Crippen molar-refractivity contribution < 1.29 is 23.4 Å². The highest BCUT2D eigenvalue weighted by molar-refractivity contribution is 5.70. The number of alkyl halides is 2. The number of carboxylic acid groups (broad SMARTS) is 1. The highest BCUT2D eigenvalue weighted by Gasteiger charge is 2.19. The molecule has 0 bridgehead atoms. The average molecular weight is 414 g/mol. The van der Waals surface area contributed by atoms with Gasteiger partial charge in [0.15, 0.2) is 5.65 Å². The maximum Gasteiger partial charge on any atom is 0.407 e. The first-order chi connectivity index (χ1) is 14.4. The van der Waals surface area contributed by atoms with Gasteiger partial charge < -0.3 is 19.1 Å². The summed E-state index contributed by atoms with van der Waals surface area (Å²) in [5.74, 6) is 0.139. The Hall–Kier alpha value is -3.49. The average Bonchev–Trinajstić information content (AvgIpc) is 3.03. The van der Waals surface area contributed by atoms with Crippen LogP contribution in [0.5, 0.6) is 5.75 Å². The molecule has 30 heavy (non-hydrogen) atoms. The summed E-state index contributed by atoms with van der Waals surface area (Å²) in [4.78, 5) is 21.4. The lowest BCUT2D eigenvalue weighted by Gasteiger charge is -2.23. The van der Waals surface area contributed by atoms with Crippen molar-refractivity contribution in [2.75, 3.05) is 13.1 Å². The summed E-state index contributed by atoms with van der Waals surface area (Å²) in [5.41, 5.74) is 4.62. The minimum Gasteiger partial charge on any atom is -0.465 e. The third-order valence-electron chi connectivity index (χ3n) is 5.16. The number of fused-ring (bicyclic) bond motifs is 1. The number of benzene rings is 1. The number of rotatable bonds is 5. The van der Waals surface area contributed by atoms with Gasteiger partial charge in [-0.05, 0) is 25.0 Å². The minimum absolute atomic E-state index is 0.139. The van der Waals surface area contributed by atoms with E-state index in [-0.39, 0.29) is 5.75 Å². The van der Waals surface area contributed by atoms with Crippen LogP contribution < -0.4 is 4.74 Å². The van der Waals surface area contributed by atoms with Crippen LogP contribution in [0.3, 0.4) is 0 Å². The third kappa shape index (κ3) is 3.96. The zero-order valence-corrected chi connectivity index (χ0v) is 16.3. The summed E-state index contributed by atoms with van der Waals surface area (Å²) in [5, 5.41) is 9.10. The summed E-state index contributed by atoms with van der Waals surface area (Å²) < 4.78 is 32.1. The molecule has 1 aromatic carbocycles. The molecule has 0 fully saturated rings. The first kappa shape index (κ1) is 19.8. The van der Waals surface area contributed by atoms with E-state index in [1.807, 2.05) is 23.6 Å². The normalized spacial score (nSPS) is 14.3. The van der Waals surface area contributed by atoms with E-state index in [1.54, 1.807) is 24.4 Å². The predicted molar refractivity (Wildman–Crippen MR) is 106 cm³/mol. The molecule has 0 radical (unpaired) electrons. The summed E-state index contributed by atoms with van der Waals surface area (Å²) in [6.07, 6.45) is 5.39. The summed E-state index contributed by atoms with van der Waals surface area (Å²) in [7, 11) is 0. The van der Waals surface area contributed by atoms with Crippen LogP contribution in [0, 0.1) is 6.92 Å². The second-order valence-corrected chi connectivity index (χ2v) is 7.02. The number of hydrogen-bond acceptors (Lipinski definition) is 4. The lowest BCUT2D eigenvalue weighted by Crippen LogP contribution is -2.33. The van der Waals surface area contributed by atoms with Gasteiger partial charge in [-0.25, -0.2) is 9.78 Å². The number of aryl methyl sites for hydroxylation is 1. The van der Waals surface area contributed by atoms with Gasteiger partial charge in [0.2, 0.25) is 0 Å². The molecule has 2 aromatic heterocycles. The monoisotopic (exact) mass is 414 g/mol. The molecule has 4 rings (SSSR count). The molecule has 156 valence electrons. The van der Waals surface area contributed by atoms with Crippen molar-refractivity contribution in [1.82, 2.24) is 19.3 Å². The smallest absolute Gasteiger partial charge is 0.407 e. The standard InChI is InChI=1S/C21H20F2N4O3/c1-13-17(10-15-4-2-3-5-18(15)30-20(22)23)27-12-16(24-11-19(27)25-13)14-6-8-26(9-7-14)21(28)29/h2-6,11-12,20H,7-10H2,1H3,(H,28,29). The number of imidazole rings is 1. The van der Waals surface area contributed by atoms with Crippen molar-refractivity contribution in [2.45, 2.75) is 26.4 Å². The number of halogens is 2. The molecule has 1 aliphatic rings. The topological polar surface area (TPSA) is 80.0 Å². The first-order valence-corrected chi connectivity index (χ1v) is 9.46. The summed E-state index contributed by atoms with van der Waals surface area (Å²) in [6, 6.07) is 6.71. The van der Waals surface area contributed by atoms with Gasteiger partial charge in [-0.3, -0.25) is 4.98 Å². The first-order valence-electron chi connectivity index (χ1n) is 9.46. The Morgan fingerprint density at radius 3 is 2.83 bits per heavy atom. The van der Waals surface area contributed by atoms with Crippen molar-refractivity contribution in [3.8, 4) is 5.75 Å². The van der Waals surface area contributed by atoms with Crippen LogP contribution in [0.4, 0.5) is 13.6 Å². The molecule has 0 spiro atoms. The molecule has 0 unspecified atom stereocenters. The van der Waals surface area contributed by atoms with Crippen molar-refractivity contribution in [1.29, 1.82) is 0 Å². The fourth-order valence-electron chi connectivity index (χ4n) is 3.62.